The molecule has 2 aromatic rings. The summed E-state index contributed by atoms with van der Waals surface area (Å²) in [4.78, 5) is 0. The molecule has 1 aromatic heterocycles. The molecule has 1 nitrogen and oxygen atoms in total. The molecular weight excluding hydrogens is 313 g/mol. The van der Waals surface area contributed by atoms with Gasteiger partial charge in [-0.15, -0.1) is 0 Å². The Kier molecular flexibility index (Phi) is 4.92. The van der Waals surface area contributed by atoms with Crippen LogP contribution in [0.5, 0.6) is 0 Å². The van der Waals surface area contributed by atoms with Crippen molar-refractivity contribution in [1.82, 2.24) is 5.32 Å². The molecule has 0 bridgehead atoms. The van der Waals surface area contributed by atoms with Crippen molar-refractivity contribution in [1.29, 1.82) is 0 Å². The fourth-order valence-electron chi connectivity index (χ4n) is 1.85. The quantitative estimate of drug-likeness (QED) is 0.836. The number of hydrogen-bond acceptors (Lipinski definition) is 2. The van der Waals surface area contributed by atoms with Gasteiger partial charge < -0.3 is 5.32 Å². The lowest BCUT2D eigenvalue weighted by molar-refractivity contribution is 0.593. The van der Waals surface area contributed by atoms with Crippen molar-refractivity contribution < 1.29 is 4.39 Å². The Hall–Kier alpha value is -0.710. The van der Waals surface area contributed by atoms with E-state index >= 15 is 0 Å². The van der Waals surface area contributed by atoms with Gasteiger partial charge in [0.1, 0.15) is 5.82 Å². The van der Waals surface area contributed by atoms with Crippen molar-refractivity contribution >= 4 is 27.3 Å². The topological polar surface area (TPSA) is 12.0 Å². The highest BCUT2D eigenvalue weighted by molar-refractivity contribution is 9.10. The Labute approximate surface area is 119 Å². The van der Waals surface area contributed by atoms with Crippen LogP contribution in [0.3, 0.4) is 0 Å². The minimum atomic E-state index is -0.197. The first-order valence-corrected chi connectivity index (χ1v) is 7.66. The molecule has 1 heterocycles. The van der Waals surface area contributed by atoms with E-state index < -0.39 is 0 Å². The first-order valence-electron chi connectivity index (χ1n) is 5.92. The molecule has 0 aliphatic carbocycles. The fraction of sp³-hybridized carbons (Fsp3) is 0.286. The molecule has 0 radical (unpaired) electrons. The van der Waals surface area contributed by atoms with Gasteiger partial charge in [-0.3, -0.25) is 0 Å². The number of rotatable bonds is 5. The van der Waals surface area contributed by atoms with Crippen molar-refractivity contribution in [2.24, 2.45) is 0 Å². The summed E-state index contributed by atoms with van der Waals surface area (Å²) in [5, 5.41) is 7.70. The molecule has 4 heteroatoms. The zero-order valence-corrected chi connectivity index (χ0v) is 12.5. The highest BCUT2D eigenvalue weighted by Crippen LogP contribution is 2.31. The van der Waals surface area contributed by atoms with Crippen LogP contribution in [0.15, 0.2) is 39.5 Å². The maximum Gasteiger partial charge on any atom is 0.123 e. The first-order chi connectivity index (χ1) is 8.72. The molecule has 96 valence electrons. The third-order valence-electron chi connectivity index (χ3n) is 2.76. The summed E-state index contributed by atoms with van der Waals surface area (Å²) < 4.78 is 14.1. The van der Waals surface area contributed by atoms with E-state index in [-0.39, 0.29) is 11.9 Å². The minimum absolute atomic E-state index is 0.117. The average molecular weight is 328 g/mol. The van der Waals surface area contributed by atoms with E-state index in [0.717, 1.165) is 23.0 Å². The molecule has 0 saturated heterocycles. The molecule has 1 N–H and O–H groups in total. The summed E-state index contributed by atoms with van der Waals surface area (Å²) in [6, 6.07) is 6.82. The van der Waals surface area contributed by atoms with Gasteiger partial charge >= 0.3 is 0 Å². The van der Waals surface area contributed by atoms with Gasteiger partial charge in [-0.1, -0.05) is 19.1 Å². The maximum atomic E-state index is 13.0. The molecule has 0 fully saturated rings. The van der Waals surface area contributed by atoms with Crippen LogP contribution in [0.2, 0.25) is 0 Å². The maximum absolute atomic E-state index is 13.0. The highest BCUT2D eigenvalue weighted by atomic mass is 79.9. The van der Waals surface area contributed by atoms with E-state index in [2.05, 4.69) is 38.9 Å². The van der Waals surface area contributed by atoms with Crippen LogP contribution in [0.25, 0.3) is 0 Å². The van der Waals surface area contributed by atoms with Crippen LogP contribution in [0, 0.1) is 5.82 Å². The molecule has 0 aliphatic rings. The zero-order valence-electron chi connectivity index (χ0n) is 10.1. The summed E-state index contributed by atoms with van der Waals surface area (Å²) in [7, 11) is 0. The lowest BCUT2D eigenvalue weighted by Crippen LogP contribution is -2.23. The van der Waals surface area contributed by atoms with Crippen LogP contribution in [-0.4, -0.2) is 6.54 Å². The van der Waals surface area contributed by atoms with Gasteiger partial charge in [0.25, 0.3) is 0 Å². The van der Waals surface area contributed by atoms with E-state index in [4.69, 9.17) is 0 Å². The molecule has 1 aromatic carbocycles. The summed E-state index contributed by atoms with van der Waals surface area (Å²) in [6.07, 6.45) is 1.07. The number of halogens is 2. The van der Waals surface area contributed by atoms with Crippen LogP contribution in [-0.2, 0) is 0 Å². The predicted octanol–water partition coefficient (Wildman–Crippen LogP) is 4.74. The molecule has 2 rings (SSSR count). The Balaban J connectivity index is 2.30. The molecular formula is C14H15BrFNS. The lowest BCUT2D eigenvalue weighted by Gasteiger charge is -2.19. The van der Waals surface area contributed by atoms with E-state index in [0.29, 0.717) is 0 Å². The van der Waals surface area contributed by atoms with E-state index in [1.807, 2.05) is 12.1 Å². The molecule has 0 saturated carbocycles. The molecule has 1 atom stereocenters. The molecule has 0 spiro atoms. The van der Waals surface area contributed by atoms with Gasteiger partial charge in [0, 0.05) is 9.85 Å². The van der Waals surface area contributed by atoms with Crippen LogP contribution >= 0.6 is 27.3 Å². The molecule has 0 aliphatic heterocycles. The third kappa shape index (κ3) is 3.19. The molecule has 1 unspecified atom stereocenters. The van der Waals surface area contributed by atoms with Crippen molar-refractivity contribution in [3.05, 3.63) is 56.4 Å². The van der Waals surface area contributed by atoms with Gasteiger partial charge in [-0.2, -0.15) is 11.3 Å². The molecule has 0 amide bonds. The van der Waals surface area contributed by atoms with Crippen molar-refractivity contribution in [2.45, 2.75) is 19.4 Å². The second-order valence-corrected chi connectivity index (χ2v) is 5.71. The normalized spacial score (nSPS) is 12.6. The summed E-state index contributed by atoms with van der Waals surface area (Å²) in [5.41, 5.74) is 2.30. The number of nitrogens with one attached hydrogen (secondary N) is 1. The average Bonchev–Trinajstić information content (AvgIpc) is 2.78. The Morgan fingerprint density at radius 1 is 1.28 bits per heavy atom. The van der Waals surface area contributed by atoms with Gasteiger partial charge in [-0.05, 0) is 57.5 Å². The minimum Gasteiger partial charge on any atom is -0.306 e. The Morgan fingerprint density at radius 3 is 2.56 bits per heavy atom. The highest BCUT2D eigenvalue weighted by Gasteiger charge is 2.16. The van der Waals surface area contributed by atoms with E-state index in [1.165, 1.54) is 17.7 Å². The van der Waals surface area contributed by atoms with Crippen molar-refractivity contribution in [3.63, 3.8) is 0 Å². The number of thiophene rings is 1. The smallest absolute Gasteiger partial charge is 0.123 e. The SMILES string of the molecule is CCCNC(c1ccc(F)cc1)c1cscc1Br. The lowest BCUT2D eigenvalue weighted by atomic mass is 10.0. The largest absolute Gasteiger partial charge is 0.306 e. The predicted molar refractivity (Wildman–Crippen MR) is 78.6 cm³/mol. The standard InChI is InChI=1S/C14H15BrFNS/c1-2-7-17-14(12-8-18-9-13(12)15)10-3-5-11(16)6-4-10/h3-6,8-9,14,17H,2,7H2,1H3. The fourth-order valence-corrected chi connectivity index (χ4v) is 3.40. The van der Waals surface area contributed by atoms with Gasteiger partial charge in [0.2, 0.25) is 0 Å². The van der Waals surface area contributed by atoms with Crippen molar-refractivity contribution in [3.8, 4) is 0 Å². The van der Waals surface area contributed by atoms with Crippen molar-refractivity contribution in [2.75, 3.05) is 6.54 Å². The summed E-state index contributed by atoms with van der Waals surface area (Å²) >= 11 is 5.23. The number of benzene rings is 1. The van der Waals surface area contributed by atoms with E-state index in [1.54, 1.807) is 11.3 Å². The van der Waals surface area contributed by atoms with E-state index in [9.17, 15) is 4.39 Å². The van der Waals surface area contributed by atoms with Crippen LogP contribution in [0.1, 0.15) is 30.5 Å². The molecule has 18 heavy (non-hydrogen) atoms. The zero-order chi connectivity index (χ0) is 13.0. The monoisotopic (exact) mass is 327 g/mol. The van der Waals surface area contributed by atoms with Crippen LogP contribution < -0.4 is 5.32 Å². The summed E-state index contributed by atoms with van der Waals surface area (Å²) in [6.45, 7) is 3.07. The van der Waals surface area contributed by atoms with Gasteiger partial charge in [0.05, 0.1) is 6.04 Å². The summed E-state index contributed by atoms with van der Waals surface area (Å²) in [5.74, 6) is -0.197. The third-order valence-corrected chi connectivity index (χ3v) is 4.51. The second kappa shape index (κ2) is 6.45. The first kappa shape index (κ1) is 13.7. The van der Waals surface area contributed by atoms with Crippen LogP contribution in [0.4, 0.5) is 4.39 Å². The second-order valence-electron chi connectivity index (χ2n) is 4.11. The van der Waals surface area contributed by atoms with Gasteiger partial charge in [-0.25, -0.2) is 4.39 Å². The van der Waals surface area contributed by atoms with Gasteiger partial charge in [0.15, 0.2) is 0 Å². The Morgan fingerprint density at radius 2 is 2.00 bits per heavy atom. The Bertz CT molecular complexity index is 495. The number of hydrogen-bond donors (Lipinski definition) is 1.